The Morgan fingerprint density at radius 1 is 1.12 bits per heavy atom. The molecular weight excluding hydrogens is 329 g/mol. The first-order valence-electron chi connectivity index (χ1n) is 7.13. The van der Waals surface area contributed by atoms with Crippen LogP contribution in [0.1, 0.15) is 25.8 Å². The van der Waals surface area contributed by atoms with Gasteiger partial charge in [0, 0.05) is 0 Å². The molecule has 0 aliphatic carbocycles. The van der Waals surface area contributed by atoms with Crippen molar-refractivity contribution in [3.05, 3.63) is 29.8 Å². The first-order valence-corrected chi connectivity index (χ1v) is 7.13. The van der Waals surface area contributed by atoms with Crippen LogP contribution in [0, 0.1) is 0 Å². The molecule has 1 aromatic carbocycles. The third kappa shape index (κ3) is 6.07. The zero-order valence-electron chi connectivity index (χ0n) is 13.2. The molecule has 1 rings (SSSR count). The standard InChI is InChI=1S/C15H19F3N2O4/c1-3-10-4-6-11(7-5-10)24-9-13(22)20-19-12(21)8-14(2,23)15(16,17)18/h4-7,23H,3,8-9H2,1-2H3,(H,19,21)(H,20,22)/t14-/m1/s1. The number of rotatable bonds is 6. The van der Waals surface area contributed by atoms with Crippen molar-refractivity contribution in [3.8, 4) is 5.75 Å². The normalized spacial score (nSPS) is 13.8. The molecule has 3 N–H and O–H groups in total. The molecule has 9 heteroatoms. The molecule has 0 aromatic heterocycles. The minimum absolute atomic E-state index is 0.429. The number of hydrazine groups is 1. The maximum atomic E-state index is 12.4. The Morgan fingerprint density at radius 3 is 2.17 bits per heavy atom. The Labute approximate surface area is 137 Å². The number of halogens is 3. The van der Waals surface area contributed by atoms with Crippen LogP contribution in [0.4, 0.5) is 13.2 Å². The van der Waals surface area contributed by atoms with E-state index in [1.165, 1.54) is 0 Å². The number of carbonyl (C=O) groups is 2. The third-order valence-corrected chi connectivity index (χ3v) is 3.16. The summed E-state index contributed by atoms with van der Waals surface area (Å²) in [5.74, 6) is -1.50. The number of alkyl halides is 3. The lowest BCUT2D eigenvalue weighted by Crippen LogP contribution is -2.50. The van der Waals surface area contributed by atoms with Gasteiger partial charge >= 0.3 is 6.18 Å². The van der Waals surface area contributed by atoms with E-state index in [9.17, 15) is 22.8 Å². The average Bonchev–Trinajstić information content (AvgIpc) is 2.50. The summed E-state index contributed by atoms with van der Waals surface area (Å²) < 4.78 is 42.4. The Morgan fingerprint density at radius 2 is 1.67 bits per heavy atom. The first kappa shape index (κ1) is 19.8. The molecule has 0 heterocycles. The molecule has 134 valence electrons. The number of benzene rings is 1. The Hall–Kier alpha value is -2.29. The van der Waals surface area contributed by atoms with Gasteiger partial charge in [-0.05, 0) is 31.0 Å². The van der Waals surface area contributed by atoms with Gasteiger partial charge in [0.25, 0.3) is 5.91 Å². The van der Waals surface area contributed by atoms with E-state index in [0.29, 0.717) is 12.7 Å². The molecule has 0 fully saturated rings. The molecule has 0 saturated carbocycles. The number of amides is 2. The minimum atomic E-state index is -4.96. The first-order chi connectivity index (χ1) is 11.0. The fourth-order valence-electron chi connectivity index (χ4n) is 1.60. The highest BCUT2D eigenvalue weighted by Gasteiger charge is 2.51. The lowest BCUT2D eigenvalue weighted by molar-refractivity contribution is -0.253. The summed E-state index contributed by atoms with van der Waals surface area (Å²) >= 11 is 0. The van der Waals surface area contributed by atoms with Crippen LogP contribution in [0.5, 0.6) is 5.75 Å². The summed E-state index contributed by atoms with van der Waals surface area (Å²) in [4.78, 5) is 22.8. The summed E-state index contributed by atoms with van der Waals surface area (Å²) in [5.41, 5.74) is 1.61. The van der Waals surface area contributed by atoms with E-state index >= 15 is 0 Å². The fourth-order valence-corrected chi connectivity index (χ4v) is 1.60. The number of hydrogen-bond donors (Lipinski definition) is 3. The summed E-state index contributed by atoms with van der Waals surface area (Å²) in [6.45, 7) is 2.03. The molecule has 0 aliphatic heterocycles. The van der Waals surface area contributed by atoms with Crippen LogP contribution in [0.15, 0.2) is 24.3 Å². The largest absolute Gasteiger partial charge is 0.484 e. The van der Waals surface area contributed by atoms with Crippen molar-refractivity contribution in [3.63, 3.8) is 0 Å². The van der Waals surface area contributed by atoms with Crippen LogP contribution in [0.2, 0.25) is 0 Å². The summed E-state index contributed by atoms with van der Waals surface area (Å²) in [6, 6.07) is 7.00. The lowest BCUT2D eigenvalue weighted by Gasteiger charge is -2.25. The predicted molar refractivity (Wildman–Crippen MR) is 78.9 cm³/mol. The van der Waals surface area contributed by atoms with Crippen molar-refractivity contribution >= 4 is 11.8 Å². The fraction of sp³-hybridized carbons (Fsp3) is 0.467. The molecule has 0 aliphatic rings. The van der Waals surface area contributed by atoms with Gasteiger partial charge < -0.3 is 9.84 Å². The lowest BCUT2D eigenvalue weighted by atomic mass is 10.0. The topological polar surface area (TPSA) is 87.7 Å². The SMILES string of the molecule is CCc1ccc(OCC(=O)NNC(=O)C[C@@](C)(O)C(F)(F)F)cc1. The molecule has 0 unspecified atom stereocenters. The van der Waals surface area contributed by atoms with Gasteiger partial charge in [-0.25, -0.2) is 0 Å². The van der Waals surface area contributed by atoms with Gasteiger partial charge in [0.1, 0.15) is 5.75 Å². The predicted octanol–water partition coefficient (Wildman–Crippen LogP) is 1.48. The highest BCUT2D eigenvalue weighted by Crippen LogP contribution is 2.32. The second-order valence-electron chi connectivity index (χ2n) is 5.33. The van der Waals surface area contributed by atoms with E-state index in [4.69, 9.17) is 9.84 Å². The van der Waals surface area contributed by atoms with Crippen molar-refractivity contribution in [2.75, 3.05) is 6.61 Å². The van der Waals surface area contributed by atoms with E-state index < -0.39 is 36.6 Å². The summed E-state index contributed by atoms with van der Waals surface area (Å²) in [5, 5.41) is 9.16. The molecule has 1 aromatic rings. The van der Waals surface area contributed by atoms with E-state index in [2.05, 4.69) is 0 Å². The Bertz CT molecular complexity index is 571. The van der Waals surface area contributed by atoms with Gasteiger partial charge in [0.2, 0.25) is 5.91 Å². The van der Waals surface area contributed by atoms with Crippen LogP contribution >= 0.6 is 0 Å². The zero-order valence-corrected chi connectivity index (χ0v) is 13.2. The number of carbonyl (C=O) groups excluding carboxylic acids is 2. The van der Waals surface area contributed by atoms with Crippen LogP contribution in [-0.2, 0) is 16.0 Å². The van der Waals surface area contributed by atoms with Crippen molar-refractivity contribution in [2.24, 2.45) is 0 Å². The quantitative estimate of drug-likeness (QED) is 0.680. The number of hydrogen-bond acceptors (Lipinski definition) is 4. The zero-order chi connectivity index (χ0) is 18.4. The van der Waals surface area contributed by atoms with Gasteiger partial charge in [0.05, 0.1) is 6.42 Å². The highest BCUT2D eigenvalue weighted by atomic mass is 19.4. The van der Waals surface area contributed by atoms with Crippen LogP contribution in [0.3, 0.4) is 0 Å². The number of ether oxygens (including phenoxy) is 1. The second kappa shape index (κ2) is 8.00. The van der Waals surface area contributed by atoms with Crippen LogP contribution in [-0.4, -0.2) is 35.3 Å². The summed E-state index contributed by atoms with van der Waals surface area (Å²) in [6.07, 6.45) is -5.34. The van der Waals surface area contributed by atoms with Crippen LogP contribution in [0.25, 0.3) is 0 Å². The molecule has 24 heavy (non-hydrogen) atoms. The van der Waals surface area contributed by atoms with Crippen molar-refractivity contribution in [1.82, 2.24) is 10.9 Å². The molecule has 0 bridgehead atoms. The maximum absolute atomic E-state index is 12.4. The smallest absolute Gasteiger partial charge is 0.417 e. The molecule has 0 spiro atoms. The molecule has 6 nitrogen and oxygen atoms in total. The Balaban J connectivity index is 2.36. The van der Waals surface area contributed by atoms with Crippen molar-refractivity contribution in [1.29, 1.82) is 0 Å². The monoisotopic (exact) mass is 348 g/mol. The molecule has 1 atom stereocenters. The van der Waals surface area contributed by atoms with Gasteiger partial charge in [-0.15, -0.1) is 0 Å². The van der Waals surface area contributed by atoms with Gasteiger partial charge in [-0.1, -0.05) is 19.1 Å². The number of nitrogens with one attached hydrogen (secondary N) is 2. The molecule has 2 amide bonds. The third-order valence-electron chi connectivity index (χ3n) is 3.16. The molecule has 0 saturated heterocycles. The van der Waals surface area contributed by atoms with E-state index in [1.807, 2.05) is 24.5 Å². The van der Waals surface area contributed by atoms with Gasteiger partial charge in [-0.2, -0.15) is 13.2 Å². The van der Waals surface area contributed by atoms with E-state index in [0.717, 1.165) is 12.0 Å². The summed E-state index contributed by atoms with van der Waals surface area (Å²) in [7, 11) is 0. The molecule has 0 radical (unpaired) electrons. The van der Waals surface area contributed by atoms with E-state index in [1.54, 1.807) is 17.6 Å². The van der Waals surface area contributed by atoms with E-state index in [-0.39, 0.29) is 0 Å². The van der Waals surface area contributed by atoms with Crippen molar-refractivity contribution < 1.29 is 32.6 Å². The minimum Gasteiger partial charge on any atom is -0.484 e. The van der Waals surface area contributed by atoms with Gasteiger partial charge in [-0.3, -0.25) is 20.4 Å². The molecular formula is C15H19F3N2O4. The highest BCUT2D eigenvalue weighted by molar-refractivity contribution is 5.83. The second-order valence-corrected chi connectivity index (χ2v) is 5.33. The van der Waals surface area contributed by atoms with Crippen LogP contribution < -0.4 is 15.6 Å². The average molecular weight is 348 g/mol. The number of aryl methyl sites for hydroxylation is 1. The number of aliphatic hydroxyl groups is 1. The van der Waals surface area contributed by atoms with Crippen molar-refractivity contribution in [2.45, 2.75) is 38.5 Å². The maximum Gasteiger partial charge on any atom is 0.417 e. The van der Waals surface area contributed by atoms with Gasteiger partial charge in [0.15, 0.2) is 12.2 Å². The Kier molecular flexibility index (Phi) is 6.59.